The fourth-order valence-electron chi connectivity index (χ4n) is 3.81. The summed E-state index contributed by atoms with van der Waals surface area (Å²) >= 11 is 5.88. The minimum atomic E-state index is -0.811. The van der Waals surface area contributed by atoms with Crippen molar-refractivity contribution >= 4 is 47.1 Å². The SMILES string of the molecule is CCOC(=O)C1=C(COC(=O)c2ccc3c(c2)C(=O)N(c2ccc(Cl)cc2)C3=O)NC(=O)NC1C. The van der Waals surface area contributed by atoms with Crippen molar-refractivity contribution in [2.24, 2.45) is 0 Å². The first-order valence-electron chi connectivity index (χ1n) is 10.6. The Morgan fingerprint density at radius 3 is 2.34 bits per heavy atom. The number of benzene rings is 2. The Labute approximate surface area is 204 Å². The molecule has 2 N–H and O–H groups in total. The highest BCUT2D eigenvalue weighted by atomic mass is 35.5. The van der Waals surface area contributed by atoms with Gasteiger partial charge in [0.2, 0.25) is 0 Å². The molecule has 4 amide bonds. The van der Waals surface area contributed by atoms with E-state index in [2.05, 4.69) is 10.6 Å². The average Bonchev–Trinajstić information content (AvgIpc) is 3.07. The molecule has 0 fully saturated rings. The van der Waals surface area contributed by atoms with Crippen LogP contribution in [0.2, 0.25) is 5.02 Å². The predicted molar refractivity (Wildman–Crippen MR) is 124 cm³/mol. The average molecular weight is 498 g/mol. The molecule has 0 saturated heterocycles. The van der Waals surface area contributed by atoms with Crippen molar-refractivity contribution in [2.45, 2.75) is 19.9 Å². The predicted octanol–water partition coefficient (Wildman–Crippen LogP) is 2.82. The van der Waals surface area contributed by atoms with Crippen LogP contribution in [0.3, 0.4) is 0 Å². The number of carbonyl (C=O) groups is 5. The van der Waals surface area contributed by atoms with E-state index in [0.717, 1.165) is 4.90 Å². The summed E-state index contributed by atoms with van der Waals surface area (Å²) in [6.07, 6.45) is 0. The maximum absolute atomic E-state index is 12.9. The van der Waals surface area contributed by atoms with Crippen LogP contribution < -0.4 is 15.5 Å². The Morgan fingerprint density at radius 2 is 1.66 bits per heavy atom. The number of ether oxygens (including phenoxy) is 2. The standard InChI is InChI=1S/C24H20ClN3O7/c1-3-34-23(32)19-12(2)26-24(33)27-18(19)11-35-22(31)13-4-9-16-17(10-13)21(30)28(20(16)29)15-7-5-14(25)6-8-15/h4-10,12H,3,11H2,1-2H3,(H2,26,27,33). The zero-order chi connectivity index (χ0) is 25.3. The summed E-state index contributed by atoms with van der Waals surface area (Å²) in [5.41, 5.74) is 0.790. The highest BCUT2D eigenvalue weighted by molar-refractivity contribution is 6.35. The highest BCUT2D eigenvalue weighted by Crippen LogP contribution is 2.30. The number of anilines is 1. The van der Waals surface area contributed by atoms with Crippen molar-refractivity contribution in [3.8, 4) is 0 Å². The molecule has 2 aromatic rings. The van der Waals surface area contributed by atoms with Gasteiger partial charge >= 0.3 is 18.0 Å². The van der Waals surface area contributed by atoms with Gasteiger partial charge in [-0.15, -0.1) is 0 Å². The van der Waals surface area contributed by atoms with Crippen molar-refractivity contribution in [3.05, 3.63) is 75.4 Å². The zero-order valence-electron chi connectivity index (χ0n) is 18.7. The topological polar surface area (TPSA) is 131 Å². The van der Waals surface area contributed by atoms with E-state index in [4.69, 9.17) is 21.1 Å². The first-order valence-corrected chi connectivity index (χ1v) is 11.0. The number of imide groups is 1. The molecule has 0 radical (unpaired) electrons. The molecule has 1 atom stereocenters. The number of fused-ring (bicyclic) bond motifs is 1. The van der Waals surface area contributed by atoms with E-state index < -0.39 is 42.4 Å². The molecule has 0 aromatic heterocycles. The summed E-state index contributed by atoms with van der Waals surface area (Å²) < 4.78 is 10.3. The van der Waals surface area contributed by atoms with E-state index in [1.165, 1.54) is 18.2 Å². The molecule has 0 spiro atoms. The molecular formula is C24H20ClN3O7. The lowest BCUT2D eigenvalue weighted by molar-refractivity contribution is -0.139. The Hall–Kier alpha value is -4.18. The van der Waals surface area contributed by atoms with Crippen LogP contribution in [0.1, 0.15) is 44.9 Å². The van der Waals surface area contributed by atoms with Gasteiger partial charge in [-0.2, -0.15) is 0 Å². The van der Waals surface area contributed by atoms with Crippen LogP contribution in [0.25, 0.3) is 0 Å². The fourth-order valence-corrected chi connectivity index (χ4v) is 3.93. The lowest BCUT2D eigenvalue weighted by Gasteiger charge is -2.26. The monoisotopic (exact) mass is 497 g/mol. The van der Waals surface area contributed by atoms with E-state index in [1.807, 2.05) is 0 Å². The van der Waals surface area contributed by atoms with Gasteiger partial charge in [-0.1, -0.05) is 11.6 Å². The molecule has 10 nitrogen and oxygen atoms in total. The molecule has 2 aromatic carbocycles. The molecule has 1 unspecified atom stereocenters. The number of amides is 4. The minimum absolute atomic E-state index is 0.0226. The normalized spacial score (nSPS) is 17.1. The van der Waals surface area contributed by atoms with E-state index >= 15 is 0 Å². The quantitative estimate of drug-likeness (QED) is 0.463. The van der Waals surface area contributed by atoms with Gasteiger partial charge in [0.1, 0.15) is 6.61 Å². The van der Waals surface area contributed by atoms with Crippen LogP contribution in [0, 0.1) is 0 Å². The number of esters is 2. The van der Waals surface area contributed by atoms with Crippen LogP contribution in [0.15, 0.2) is 53.7 Å². The zero-order valence-corrected chi connectivity index (χ0v) is 19.5. The molecule has 0 bridgehead atoms. The largest absolute Gasteiger partial charge is 0.463 e. The number of hydrogen-bond acceptors (Lipinski definition) is 7. The number of urea groups is 1. The van der Waals surface area contributed by atoms with E-state index in [0.29, 0.717) is 10.7 Å². The van der Waals surface area contributed by atoms with Gasteiger partial charge in [0.15, 0.2) is 0 Å². The van der Waals surface area contributed by atoms with Gasteiger partial charge < -0.3 is 20.1 Å². The Bertz CT molecular complexity index is 1290. The molecule has 11 heteroatoms. The third kappa shape index (κ3) is 4.60. The first kappa shape index (κ1) is 24.0. The van der Waals surface area contributed by atoms with Crippen molar-refractivity contribution in [3.63, 3.8) is 0 Å². The van der Waals surface area contributed by atoms with E-state index in [-0.39, 0.29) is 34.6 Å². The van der Waals surface area contributed by atoms with E-state index in [9.17, 15) is 24.0 Å². The second-order valence-electron chi connectivity index (χ2n) is 7.69. The second kappa shape index (κ2) is 9.59. The van der Waals surface area contributed by atoms with Crippen molar-refractivity contribution < 1.29 is 33.4 Å². The molecule has 0 aliphatic carbocycles. The third-order valence-corrected chi connectivity index (χ3v) is 5.67. The van der Waals surface area contributed by atoms with Crippen molar-refractivity contribution in [2.75, 3.05) is 18.1 Å². The number of rotatable bonds is 6. The Balaban J connectivity index is 1.54. The molecular weight excluding hydrogens is 478 g/mol. The number of carbonyl (C=O) groups excluding carboxylic acids is 5. The molecule has 180 valence electrons. The Kier molecular flexibility index (Phi) is 6.57. The summed E-state index contributed by atoms with van der Waals surface area (Å²) in [4.78, 5) is 63.6. The van der Waals surface area contributed by atoms with Gasteiger partial charge in [0, 0.05) is 5.02 Å². The molecule has 4 rings (SSSR count). The molecule has 2 aliphatic heterocycles. The van der Waals surface area contributed by atoms with Gasteiger partial charge in [-0.05, 0) is 56.3 Å². The molecule has 2 heterocycles. The maximum Gasteiger partial charge on any atom is 0.338 e. The smallest absolute Gasteiger partial charge is 0.338 e. The highest BCUT2D eigenvalue weighted by Gasteiger charge is 2.37. The summed E-state index contributed by atoms with van der Waals surface area (Å²) in [5.74, 6) is -2.58. The fraction of sp³-hybridized carbons (Fsp3) is 0.208. The molecule has 2 aliphatic rings. The second-order valence-corrected chi connectivity index (χ2v) is 8.13. The summed E-state index contributed by atoms with van der Waals surface area (Å²) in [5, 5.41) is 5.46. The van der Waals surface area contributed by atoms with Crippen LogP contribution in [-0.2, 0) is 14.3 Å². The summed E-state index contributed by atoms with van der Waals surface area (Å²) in [6.45, 7) is 2.96. The first-order chi connectivity index (χ1) is 16.7. The van der Waals surface area contributed by atoms with Gasteiger partial charge in [-0.25, -0.2) is 19.3 Å². The summed E-state index contributed by atoms with van der Waals surface area (Å²) in [7, 11) is 0. The number of halogens is 1. The molecule has 35 heavy (non-hydrogen) atoms. The van der Waals surface area contributed by atoms with Crippen LogP contribution >= 0.6 is 11.6 Å². The number of nitrogens with zero attached hydrogens (tertiary/aromatic N) is 1. The minimum Gasteiger partial charge on any atom is -0.463 e. The maximum atomic E-state index is 12.9. The summed E-state index contributed by atoms with van der Waals surface area (Å²) in [6, 6.07) is 9.01. The van der Waals surface area contributed by atoms with Crippen LogP contribution in [0.4, 0.5) is 10.5 Å². The van der Waals surface area contributed by atoms with Gasteiger partial charge in [0.05, 0.1) is 46.3 Å². The van der Waals surface area contributed by atoms with Crippen molar-refractivity contribution in [1.82, 2.24) is 10.6 Å². The van der Waals surface area contributed by atoms with E-state index in [1.54, 1.807) is 38.1 Å². The lowest BCUT2D eigenvalue weighted by Crippen LogP contribution is -2.50. The number of nitrogens with one attached hydrogen (secondary N) is 2. The van der Waals surface area contributed by atoms with Crippen LogP contribution in [-0.4, -0.2) is 49.0 Å². The Morgan fingerprint density at radius 1 is 0.971 bits per heavy atom. The van der Waals surface area contributed by atoms with Gasteiger partial charge in [-0.3, -0.25) is 9.59 Å². The van der Waals surface area contributed by atoms with Crippen molar-refractivity contribution in [1.29, 1.82) is 0 Å². The third-order valence-electron chi connectivity index (χ3n) is 5.42. The lowest BCUT2D eigenvalue weighted by atomic mass is 10.0. The van der Waals surface area contributed by atoms with Crippen LogP contribution in [0.5, 0.6) is 0 Å². The molecule has 0 saturated carbocycles. The number of hydrogen-bond donors (Lipinski definition) is 2. The van der Waals surface area contributed by atoms with Gasteiger partial charge in [0.25, 0.3) is 11.8 Å².